The minimum atomic E-state index is -3.63. The second-order valence-corrected chi connectivity index (χ2v) is 11.7. The fourth-order valence-electron chi connectivity index (χ4n) is 4.15. The van der Waals surface area contributed by atoms with Gasteiger partial charge in [0.25, 0.3) is 5.91 Å². The predicted octanol–water partition coefficient (Wildman–Crippen LogP) is 6.35. The van der Waals surface area contributed by atoms with Gasteiger partial charge in [-0.3, -0.25) is 9.69 Å². The van der Waals surface area contributed by atoms with Gasteiger partial charge < -0.3 is 4.74 Å². The summed E-state index contributed by atoms with van der Waals surface area (Å²) in [5, 5.41) is 0.550. The van der Waals surface area contributed by atoms with E-state index in [1.807, 2.05) is 69.3 Å². The van der Waals surface area contributed by atoms with E-state index < -0.39 is 10.0 Å². The lowest BCUT2D eigenvalue weighted by molar-refractivity contribution is 0.0985. The van der Waals surface area contributed by atoms with Gasteiger partial charge in [0, 0.05) is 18.7 Å². The summed E-state index contributed by atoms with van der Waals surface area (Å²) < 4.78 is 34.4. The molecule has 0 aliphatic carbocycles. The van der Waals surface area contributed by atoms with Crippen LogP contribution in [-0.4, -0.2) is 43.3 Å². The van der Waals surface area contributed by atoms with Crippen molar-refractivity contribution in [2.45, 2.75) is 45.1 Å². The Kier molecular flexibility index (Phi) is 9.14. The van der Waals surface area contributed by atoms with E-state index in [2.05, 4.69) is 0 Å². The van der Waals surface area contributed by atoms with Crippen LogP contribution in [0, 0.1) is 0 Å². The monoisotopic (exact) mass is 551 g/mol. The van der Waals surface area contributed by atoms with Crippen LogP contribution in [0.1, 0.15) is 49.5 Å². The van der Waals surface area contributed by atoms with Crippen molar-refractivity contribution in [1.82, 2.24) is 9.29 Å². The molecule has 0 fully saturated rings. The first-order valence-corrected chi connectivity index (χ1v) is 15.1. The molecule has 0 atom stereocenters. The number of fused-ring (bicyclic) bond motifs is 1. The van der Waals surface area contributed by atoms with Gasteiger partial charge in [-0.1, -0.05) is 68.0 Å². The quantitative estimate of drug-likeness (QED) is 0.205. The van der Waals surface area contributed by atoms with Gasteiger partial charge in [-0.05, 0) is 55.3 Å². The van der Waals surface area contributed by atoms with Gasteiger partial charge in [-0.2, -0.15) is 4.31 Å². The molecule has 0 spiro atoms. The minimum Gasteiger partial charge on any atom is -0.492 e. The summed E-state index contributed by atoms with van der Waals surface area (Å²) >= 11 is 1.42. The van der Waals surface area contributed by atoms with Gasteiger partial charge in [0.2, 0.25) is 10.0 Å². The first-order valence-electron chi connectivity index (χ1n) is 12.9. The first kappa shape index (κ1) is 27.8. The number of nitrogens with zero attached hydrogens (tertiary/aromatic N) is 3. The molecule has 200 valence electrons. The maximum absolute atomic E-state index is 13.8. The number of thiazole rings is 1. The van der Waals surface area contributed by atoms with E-state index in [1.54, 1.807) is 17.0 Å². The topological polar surface area (TPSA) is 79.8 Å². The van der Waals surface area contributed by atoms with Crippen LogP contribution >= 0.6 is 11.3 Å². The summed E-state index contributed by atoms with van der Waals surface area (Å²) in [4.78, 5) is 20.4. The number of benzene rings is 3. The van der Waals surface area contributed by atoms with E-state index in [4.69, 9.17) is 9.72 Å². The molecule has 0 radical (unpaired) electrons. The average Bonchev–Trinajstić information content (AvgIpc) is 3.37. The summed E-state index contributed by atoms with van der Waals surface area (Å²) in [5.74, 6) is 0.422. The Balaban J connectivity index is 1.68. The lowest BCUT2D eigenvalue weighted by atomic mass is 10.1. The molecule has 7 nitrogen and oxygen atoms in total. The number of ether oxygens (including phenoxy) is 1. The third-order valence-electron chi connectivity index (χ3n) is 6.18. The molecule has 1 heterocycles. The van der Waals surface area contributed by atoms with Gasteiger partial charge in [0.1, 0.15) is 11.3 Å². The largest absolute Gasteiger partial charge is 0.492 e. The second kappa shape index (κ2) is 12.5. The molecule has 3 aromatic carbocycles. The third kappa shape index (κ3) is 6.06. The van der Waals surface area contributed by atoms with Gasteiger partial charge in [0.15, 0.2) is 5.13 Å². The highest BCUT2D eigenvalue weighted by atomic mass is 32.2. The van der Waals surface area contributed by atoms with E-state index in [-0.39, 0.29) is 10.8 Å². The number of hydrogen-bond donors (Lipinski definition) is 0. The van der Waals surface area contributed by atoms with Crippen LogP contribution < -0.4 is 9.64 Å². The summed E-state index contributed by atoms with van der Waals surface area (Å²) in [5.41, 5.74) is 2.06. The number of sulfonamides is 1. The van der Waals surface area contributed by atoms with Crippen LogP contribution in [-0.2, 0) is 16.6 Å². The van der Waals surface area contributed by atoms with Crippen LogP contribution in [0.15, 0.2) is 77.7 Å². The molecular formula is C29H33N3O4S2. The zero-order valence-electron chi connectivity index (χ0n) is 22.0. The summed E-state index contributed by atoms with van der Waals surface area (Å²) in [6, 6.07) is 21.7. The van der Waals surface area contributed by atoms with Crippen molar-refractivity contribution in [1.29, 1.82) is 0 Å². The van der Waals surface area contributed by atoms with Gasteiger partial charge >= 0.3 is 0 Å². The summed E-state index contributed by atoms with van der Waals surface area (Å²) in [7, 11) is -3.63. The van der Waals surface area contributed by atoms with E-state index in [1.165, 1.54) is 27.8 Å². The highest BCUT2D eigenvalue weighted by Gasteiger charge is 2.25. The van der Waals surface area contributed by atoms with Crippen molar-refractivity contribution in [2.24, 2.45) is 0 Å². The number of hydrogen-bond acceptors (Lipinski definition) is 6. The molecule has 1 aromatic heterocycles. The fraction of sp³-hybridized carbons (Fsp3) is 0.310. The lowest BCUT2D eigenvalue weighted by Crippen LogP contribution is -2.32. The van der Waals surface area contributed by atoms with Crippen LogP contribution in [0.5, 0.6) is 5.75 Å². The molecule has 0 saturated carbocycles. The zero-order valence-corrected chi connectivity index (χ0v) is 23.6. The highest BCUT2D eigenvalue weighted by Crippen LogP contribution is 2.35. The molecule has 9 heteroatoms. The molecule has 0 bridgehead atoms. The van der Waals surface area contributed by atoms with Crippen LogP contribution in [0.4, 0.5) is 5.13 Å². The van der Waals surface area contributed by atoms with Crippen molar-refractivity contribution in [3.05, 3.63) is 83.9 Å². The Morgan fingerprint density at radius 1 is 0.947 bits per heavy atom. The smallest absolute Gasteiger partial charge is 0.260 e. The Hall–Kier alpha value is -3.27. The van der Waals surface area contributed by atoms with Crippen molar-refractivity contribution in [2.75, 3.05) is 24.6 Å². The molecular weight excluding hydrogens is 518 g/mol. The van der Waals surface area contributed by atoms with Gasteiger partial charge in [0.05, 0.1) is 22.7 Å². The Morgan fingerprint density at radius 3 is 2.34 bits per heavy atom. The van der Waals surface area contributed by atoms with Crippen LogP contribution in [0.2, 0.25) is 0 Å². The first-order chi connectivity index (χ1) is 18.4. The second-order valence-electron chi connectivity index (χ2n) is 8.78. The number of para-hydroxylation sites is 1. The normalized spacial score (nSPS) is 11.7. The summed E-state index contributed by atoms with van der Waals surface area (Å²) in [6.45, 7) is 7.50. The van der Waals surface area contributed by atoms with Crippen molar-refractivity contribution >= 4 is 42.6 Å². The number of unbranched alkanes of at least 4 members (excludes halogenated alkanes) is 1. The molecule has 0 aliphatic heterocycles. The SMILES string of the molecule is CCCCN(CC)S(=O)(=O)c1ccc(C(=O)N(Cc2ccccc2)c2nc3c(OCC)cccc3s2)cc1. The number of amides is 1. The molecule has 4 rings (SSSR count). The Bertz CT molecular complexity index is 1470. The molecule has 4 aromatic rings. The number of anilines is 1. The number of carbonyl (C=O) groups excluding carboxylic acids is 1. The van der Waals surface area contributed by atoms with Crippen molar-refractivity contribution in [3.63, 3.8) is 0 Å². The third-order valence-corrected chi connectivity index (χ3v) is 9.21. The number of carbonyl (C=O) groups is 1. The van der Waals surface area contributed by atoms with Crippen LogP contribution in [0.25, 0.3) is 10.2 Å². The zero-order chi connectivity index (χ0) is 27.1. The van der Waals surface area contributed by atoms with E-state index >= 15 is 0 Å². The molecule has 0 N–H and O–H groups in total. The number of rotatable bonds is 12. The van der Waals surface area contributed by atoms with Crippen molar-refractivity contribution < 1.29 is 17.9 Å². The molecule has 0 unspecified atom stereocenters. The van der Waals surface area contributed by atoms with Crippen LogP contribution in [0.3, 0.4) is 0 Å². The maximum Gasteiger partial charge on any atom is 0.260 e. The molecule has 38 heavy (non-hydrogen) atoms. The van der Waals surface area contributed by atoms with E-state index in [0.717, 1.165) is 23.1 Å². The Morgan fingerprint density at radius 2 is 1.68 bits per heavy atom. The number of aromatic nitrogens is 1. The lowest BCUT2D eigenvalue weighted by Gasteiger charge is -2.22. The predicted molar refractivity (Wildman–Crippen MR) is 154 cm³/mol. The van der Waals surface area contributed by atoms with Gasteiger partial charge in [-0.15, -0.1) is 0 Å². The average molecular weight is 552 g/mol. The van der Waals surface area contributed by atoms with Gasteiger partial charge in [-0.25, -0.2) is 13.4 Å². The van der Waals surface area contributed by atoms with E-state index in [0.29, 0.717) is 48.2 Å². The minimum absolute atomic E-state index is 0.183. The molecule has 1 amide bonds. The highest BCUT2D eigenvalue weighted by molar-refractivity contribution is 7.89. The molecule has 0 saturated heterocycles. The molecule has 0 aliphatic rings. The van der Waals surface area contributed by atoms with Crippen molar-refractivity contribution in [3.8, 4) is 5.75 Å². The maximum atomic E-state index is 13.8. The standard InChI is InChI=1S/C29H33N3O4S2/c1-4-7-20-31(5-2)38(34,35)24-18-16-23(17-19-24)28(33)32(21-22-12-9-8-10-13-22)29-30-27-25(36-6-3)14-11-15-26(27)37-29/h8-19H,4-7,20-21H2,1-3H3. The Labute approximate surface area is 228 Å². The van der Waals surface area contributed by atoms with E-state index in [9.17, 15) is 13.2 Å². The fourth-order valence-corrected chi connectivity index (χ4v) is 6.62. The summed E-state index contributed by atoms with van der Waals surface area (Å²) in [6.07, 6.45) is 1.71.